The number of benzene rings is 8. The molecule has 0 bridgehead atoms. The summed E-state index contributed by atoms with van der Waals surface area (Å²) in [5, 5.41) is 2.59. The van der Waals surface area contributed by atoms with Gasteiger partial charge in [0.1, 0.15) is 0 Å². The smallest absolute Gasteiger partial charge is 0.0682 e. The summed E-state index contributed by atoms with van der Waals surface area (Å²) in [7, 11) is 0. The fraction of sp³-hybridized carbons (Fsp3) is 0.153. The van der Waals surface area contributed by atoms with Gasteiger partial charge in [0.2, 0.25) is 0 Å². The van der Waals surface area contributed by atoms with Crippen molar-refractivity contribution in [3.63, 3.8) is 0 Å². The van der Waals surface area contributed by atoms with E-state index in [9.17, 15) is 0 Å². The van der Waals surface area contributed by atoms with E-state index in [1.807, 2.05) is 6.07 Å². The molecule has 0 heteroatoms. The second-order valence-electron chi connectivity index (χ2n) is 17.0. The molecule has 0 saturated carbocycles. The molecule has 0 amide bonds. The fourth-order valence-electron chi connectivity index (χ4n) is 9.90. The number of hydrogen-bond donors (Lipinski definition) is 0. The molecule has 0 saturated heterocycles. The number of fused-ring (bicyclic) bond motifs is 9. The average molecular weight is 761 g/mol. The van der Waals surface area contributed by atoms with Crippen molar-refractivity contribution in [3.05, 3.63) is 256 Å². The summed E-state index contributed by atoms with van der Waals surface area (Å²) >= 11 is 0. The quantitative estimate of drug-likeness (QED) is 0.165. The molecule has 59 heavy (non-hydrogen) atoms. The Balaban J connectivity index is 0.000000127. The van der Waals surface area contributed by atoms with Crippen molar-refractivity contribution >= 4 is 16.3 Å². The third-order valence-corrected chi connectivity index (χ3v) is 12.9. The van der Waals surface area contributed by atoms with Gasteiger partial charge >= 0.3 is 0 Å². The summed E-state index contributed by atoms with van der Waals surface area (Å²) < 4.78 is 0. The fourth-order valence-corrected chi connectivity index (χ4v) is 9.90. The Kier molecular flexibility index (Phi) is 10.1. The molecular formula is C59H52. The predicted octanol–water partition coefficient (Wildman–Crippen LogP) is 15.6. The van der Waals surface area contributed by atoms with Crippen LogP contribution in [-0.4, -0.2) is 0 Å². The van der Waals surface area contributed by atoms with Gasteiger partial charge in [0, 0.05) is 5.41 Å². The van der Waals surface area contributed by atoms with E-state index < -0.39 is 0 Å². The first-order valence-corrected chi connectivity index (χ1v) is 21.2. The molecule has 11 rings (SSSR count). The predicted molar refractivity (Wildman–Crippen MR) is 252 cm³/mol. The Morgan fingerprint density at radius 3 is 1.53 bits per heavy atom. The lowest BCUT2D eigenvalue weighted by Gasteiger charge is -2.47. The minimum absolute atomic E-state index is 0.00373. The van der Waals surface area contributed by atoms with Crippen LogP contribution in [0.5, 0.6) is 0 Å². The molecule has 1 spiro atoms. The van der Waals surface area contributed by atoms with E-state index in [2.05, 4.69) is 229 Å². The summed E-state index contributed by atoms with van der Waals surface area (Å²) in [5.74, 6) is 0. The maximum absolute atomic E-state index is 2.40. The first-order valence-electron chi connectivity index (χ1n) is 21.2. The minimum Gasteiger partial charge on any atom is -0.0836 e. The van der Waals surface area contributed by atoms with Crippen molar-refractivity contribution in [3.8, 4) is 22.3 Å². The standard InChI is InChI=1S/C29H26.C17H14.C13H12/c1-19-11-10-18-26-27(19)20-12-4-5-13-21(20)29(26)24-16-8-6-14-22(24)28(2,3)23-15-7-9-17-25(23)29;1-13-6-8-15(9-7-13)17-11-10-14-4-2-3-5-16(14)12-17;1-11-7-9-13(10-8-11)12-5-3-2-4-6-12/h4,6-12,14-18H,5,13H2,1-3H3;2-12H,1H3;2-10H,1H3. The molecule has 0 aliphatic heterocycles. The van der Waals surface area contributed by atoms with E-state index in [0.717, 1.165) is 12.8 Å². The highest BCUT2D eigenvalue weighted by atomic mass is 14.6. The Morgan fingerprint density at radius 2 is 0.898 bits per heavy atom. The van der Waals surface area contributed by atoms with E-state index in [4.69, 9.17) is 0 Å². The van der Waals surface area contributed by atoms with Crippen molar-refractivity contribution in [1.82, 2.24) is 0 Å². The molecule has 3 aliphatic rings. The summed E-state index contributed by atoms with van der Waals surface area (Å²) in [6.07, 6.45) is 7.01. The second-order valence-corrected chi connectivity index (χ2v) is 17.0. The van der Waals surface area contributed by atoms with Crippen molar-refractivity contribution in [1.29, 1.82) is 0 Å². The van der Waals surface area contributed by atoms with Crippen molar-refractivity contribution in [2.24, 2.45) is 0 Å². The lowest BCUT2D eigenvalue weighted by Crippen LogP contribution is -2.41. The number of hydrogen-bond acceptors (Lipinski definition) is 0. The van der Waals surface area contributed by atoms with Crippen LogP contribution in [-0.2, 0) is 10.8 Å². The van der Waals surface area contributed by atoms with E-state index in [1.165, 1.54) is 88.7 Å². The van der Waals surface area contributed by atoms with E-state index in [-0.39, 0.29) is 10.8 Å². The van der Waals surface area contributed by atoms with Crippen molar-refractivity contribution in [2.75, 3.05) is 0 Å². The summed E-state index contributed by atoms with van der Waals surface area (Å²) in [4.78, 5) is 0. The average Bonchev–Trinajstić information content (AvgIpc) is 3.59. The molecule has 0 aromatic heterocycles. The lowest BCUT2D eigenvalue weighted by atomic mass is 9.54. The van der Waals surface area contributed by atoms with Crippen LogP contribution < -0.4 is 0 Å². The zero-order valence-electron chi connectivity index (χ0n) is 35.0. The maximum atomic E-state index is 2.40. The summed E-state index contributed by atoms with van der Waals surface area (Å²) in [6.45, 7) is 11.3. The summed E-state index contributed by atoms with van der Waals surface area (Å²) in [6, 6.07) is 68.1. The molecule has 8 aromatic rings. The van der Waals surface area contributed by atoms with Crippen LogP contribution in [0.2, 0.25) is 0 Å². The van der Waals surface area contributed by atoms with Gasteiger partial charge in [-0.3, -0.25) is 0 Å². The first kappa shape index (κ1) is 38.0. The lowest BCUT2D eigenvalue weighted by molar-refractivity contribution is 0.550. The van der Waals surface area contributed by atoms with Crippen LogP contribution in [0.25, 0.3) is 38.6 Å². The van der Waals surface area contributed by atoms with Gasteiger partial charge in [-0.2, -0.15) is 0 Å². The van der Waals surface area contributed by atoms with Gasteiger partial charge in [-0.25, -0.2) is 0 Å². The highest BCUT2D eigenvalue weighted by Crippen LogP contribution is 2.63. The van der Waals surface area contributed by atoms with Crippen LogP contribution >= 0.6 is 0 Å². The Morgan fingerprint density at radius 1 is 0.407 bits per heavy atom. The number of rotatable bonds is 2. The number of allylic oxidation sites excluding steroid dienone is 4. The highest BCUT2D eigenvalue weighted by Gasteiger charge is 2.54. The van der Waals surface area contributed by atoms with Crippen molar-refractivity contribution < 1.29 is 0 Å². The molecule has 0 atom stereocenters. The molecular weight excluding hydrogens is 709 g/mol. The zero-order valence-corrected chi connectivity index (χ0v) is 35.0. The van der Waals surface area contributed by atoms with Gasteiger partial charge in [-0.1, -0.05) is 219 Å². The topological polar surface area (TPSA) is 0 Å². The molecule has 8 aromatic carbocycles. The maximum Gasteiger partial charge on any atom is 0.0682 e. The van der Waals surface area contributed by atoms with E-state index >= 15 is 0 Å². The van der Waals surface area contributed by atoms with E-state index in [1.54, 1.807) is 5.57 Å². The van der Waals surface area contributed by atoms with Gasteiger partial charge in [-0.15, -0.1) is 0 Å². The van der Waals surface area contributed by atoms with E-state index in [0.29, 0.717) is 0 Å². The molecule has 0 N–H and O–H groups in total. The zero-order chi connectivity index (χ0) is 40.6. The SMILES string of the molecule is Cc1ccc(-c2ccc3ccccc3c2)cc1.Cc1ccc(-c2ccccc2)cc1.Cc1cccc2c1C1=C(CCC=C1)C21c2ccccc2C(C)(C)c2ccccc21. The third kappa shape index (κ3) is 6.77. The largest absolute Gasteiger partial charge is 0.0836 e. The van der Waals surface area contributed by atoms with Crippen LogP contribution in [0.3, 0.4) is 0 Å². The van der Waals surface area contributed by atoms with Crippen LogP contribution in [0.4, 0.5) is 0 Å². The first-order chi connectivity index (χ1) is 28.8. The Hall–Kier alpha value is -6.50. The minimum atomic E-state index is -0.163. The Labute approximate surface area is 351 Å². The van der Waals surface area contributed by atoms with Crippen LogP contribution in [0.15, 0.2) is 206 Å². The van der Waals surface area contributed by atoms with Gasteiger partial charge in [0.25, 0.3) is 0 Å². The van der Waals surface area contributed by atoms with Crippen LogP contribution in [0, 0.1) is 20.8 Å². The molecule has 0 unspecified atom stereocenters. The third-order valence-electron chi connectivity index (χ3n) is 12.9. The molecule has 288 valence electrons. The molecule has 3 aliphatic carbocycles. The van der Waals surface area contributed by atoms with Gasteiger partial charge < -0.3 is 0 Å². The van der Waals surface area contributed by atoms with Crippen LogP contribution in [0.1, 0.15) is 76.8 Å². The van der Waals surface area contributed by atoms with Gasteiger partial charge in [-0.05, 0) is 123 Å². The normalized spacial score (nSPS) is 14.9. The molecule has 0 heterocycles. The second kappa shape index (κ2) is 15.7. The highest BCUT2D eigenvalue weighted by molar-refractivity contribution is 5.93. The monoisotopic (exact) mass is 760 g/mol. The molecule has 0 fully saturated rings. The van der Waals surface area contributed by atoms with Gasteiger partial charge in [0.05, 0.1) is 5.41 Å². The summed E-state index contributed by atoms with van der Waals surface area (Å²) in [5.41, 5.74) is 20.8. The molecule has 0 nitrogen and oxygen atoms in total. The van der Waals surface area contributed by atoms with Gasteiger partial charge in [0.15, 0.2) is 0 Å². The Bertz CT molecular complexity index is 2800. The van der Waals surface area contributed by atoms with Crippen molar-refractivity contribution in [2.45, 2.75) is 58.3 Å². The molecule has 0 radical (unpaired) electrons. The number of aryl methyl sites for hydroxylation is 3.